The third-order valence-electron chi connectivity index (χ3n) is 3.64. The Labute approximate surface area is 179 Å². The highest BCUT2D eigenvalue weighted by Gasteiger charge is 2.36. The van der Waals surface area contributed by atoms with Crippen LogP contribution in [-0.4, -0.2) is 16.7 Å². The number of rotatable bonds is 7. The normalized spacial score (nSPS) is 13.9. The Morgan fingerprint density at radius 1 is 1.21 bits per heavy atom. The first-order valence-corrected chi connectivity index (χ1v) is 10.9. The summed E-state index contributed by atoms with van der Waals surface area (Å²) in [5.41, 5.74) is 0.737. The van der Waals surface area contributed by atoms with Crippen LogP contribution in [0.15, 0.2) is 47.0 Å². The summed E-state index contributed by atoms with van der Waals surface area (Å²) in [6.07, 6.45) is 0. The Bertz CT molecular complexity index is 1060. The summed E-state index contributed by atoms with van der Waals surface area (Å²) in [4.78, 5) is 3.56. The Kier molecular flexibility index (Phi) is 6.51. The number of nitrogens with zero attached hydrogens (tertiary/aromatic N) is 2. The highest BCUT2D eigenvalue weighted by atomic mass is 35.5. The fourth-order valence-corrected chi connectivity index (χ4v) is 4.71. The van der Waals surface area contributed by atoms with Crippen molar-refractivity contribution in [2.75, 3.05) is 11.7 Å². The lowest BCUT2D eigenvalue weighted by molar-refractivity contribution is 0.0551. The Balaban J connectivity index is 1.90. The van der Waals surface area contributed by atoms with Gasteiger partial charge < -0.3 is 14.1 Å². The monoisotopic (exact) mass is 481 g/mol. The predicted octanol–water partition coefficient (Wildman–Crippen LogP) is 6.30. The molecule has 1 N–H and O–H groups in total. The summed E-state index contributed by atoms with van der Waals surface area (Å²) >= 11 is 16.9. The number of halogens is 5. The molecule has 3 aromatic rings. The van der Waals surface area contributed by atoms with Gasteiger partial charge in [-0.25, -0.2) is 0 Å². The second kappa shape index (κ2) is 8.58. The van der Waals surface area contributed by atoms with E-state index in [0.717, 1.165) is 0 Å². The zero-order chi connectivity index (χ0) is 21.2. The summed E-state index contributed by atoms with van der Waals surface area (Å²) in [6.45, 7) is 1.86. The van der Waals surface area contributed by atoms with Gasteiger partial charge in [-0.1, -0.05) is 40.5 Å². The summed E-state index contributed by atoms with van der Waals surface area (Å²) in [6, 6.07) is 10.7. The number of alkyl halides is 3. The van der Waals surface area contributed by atoms with Crippen LogP contribution in [0.1, 0.15) is 12.8 Å². The molecule has 0 spiro atoms. The summed E-state index contributed by atoms with van der Waals surface area (Å²) < 4.78 is 49.4. The minimum atomic E-state index is -3.77. The highest BCUT2D eigenvalue weighted by Crippen LogP contribution is 2.47. The minimum absolute atomic E-state index is 0.0909. The molecule has 0 amide bonds. The number of aromatic nitrogens is 2. The van der Waals surface area contributed by atoms with Crippen LogP contribution in [0.5, 0.6) is 0 Å². The third kappa shape index (κ3) is 5.08. The molecule has 12 heteroatoms. The largest absolute Gasteiger partial charge is 0.400 e. The van der Waals surface area contributed by atoms with Crippen molar-refractivity contribution in [1.29, 1.82) is 0 Å². The van der Waals surface area contributed by atoms with Crippen molar-refractivity contribution in [3.05, 3.63) is 58.4 Å². The molecular weight excluding hydrogens is 470 g/mol. The van der Waals surface area contributed by atoms with Crippen LogP contribution in [0.25, 0.3) is 11.4 Å². The summed E-state index contributed by atoms with van der Waals surface area (Å²) in [7, 11) is -3.55. The average molecular weight is 483 g/mol. The van der Waals surface area contributed by atoms with E-state index in [-0.39, 0.29) is 17.5 Å². The number of hydrogen-bond donors (Lipinski definition) is 1. The molecule has 2 aromatic carbocycles. The minimum Gasteiger partial charge on any atom is -0.331 e. The Morgan fingerprint density at radius 2 is 1.90 bits per heavy atom. The lowest BCUT2D eigenvalue weighted by Crippen LogP contribution is -2.14. The highest BCUT2D eigenvalue weighted by molar-refractivity contribution is 7.68. The van der Waals surface area contributed by atoms with Gasteiger partial charge in [-0.3, -0.25) is 4.57 Å². The molecule has 3 rings (SSSR count). The molecule has 0 fully saturated rings. The van der Waals surface area contributed by atoms with Gasteiger partial charge in [-0.2, -0.15) is 13.8 Å². The topological polar surface area (TPSA) is 77.2 Å². The molecule has 29 heavy (non-hydrogen) atoms. The van der Waals surface area contributed by atoms with E-state index in [1.54, 1.807) is 19.1 Å². The van der Waals surface area contributed by atoms with Gasteiger partial charge in [-0.15, -0.1) is 0 Å². The van der Waals surface area contributed by atoms with Crippen molar-refractivity contribution < 1.29 is 22.4 Å². The SMILES string of the molecule is CCOP(=O)(Nc1ccc(Cl)cc1Cl)c1ccc(-c2noc(C(F)(F)Cl)n2)cc1. The quantitative estimate of drug-likeness (QED) is 0.315. The lowest BCUT2D eigenvalue weighted by atomic mass is 10.2. The molecule has 0 saturated heterocycles. The van der Waals surface area contributed by atoms with Gasteiger partial charge in [0.15, 0.2) is 0 Å². The Hall–Kier alpha value is -1.70. The van der Waals surface area contributed by atoms with Gasteiger partial charge in [0.2, 0.25) is 5.82 Å². The maximum absolute atomic E-state index is 13.4. The van der Waals surface area contributed by atoms with E-state index in [1.165, 1.54) is 30.3 Å². The van der Waals surface area contributed by atoms with E-state index in [2.05, 4.69) is 19.8 Å². The smallest absolute Gasteiger partial charge is 0.331 e. The lowest BCUT2D eigenvalue weighted by Gasteiger charge is -2.21. The van der Waals surface area contributed by atoms with E-state index in [0.29, 0.717) is 21.6 Å². The van der Waals surface area contributed by atoms with Crippen LogP contribution in [0.2, 0.25) is 10.0 Å². The predicted molar refractivity (Wildman–Crippen MR) is 108 cm³/mol. The first kappa shape index (κ1) is 22.0. The molecule has 0 aliphatic heterocycles. The van der Waals surface area contributed by atoms with Crippen LogP contribution >= 0.6 is 42.3 Å². The molecule has 154 valence electrons. The van der Waals surface area contributed by atoms with Crippen LogP contribution in [-0.2, 0) is 14.5 Å². The van der Waals surface area contributed by atoms with Crippen molar-refractivity contribution in [1.82, 2.24) is 10.1 Å². The zero-order valence-corrected chi connectivity index (χ0v) is 17.9. The average Bonchev–Trinajstić information content (AvgIpc) is 3.15. The van der Waals surface area contributed by atoms with Crippen LogP contribution < -0.4 is 10.4 Å². The van der Waals surface area contributed by atoms with E-state index < -0.39 is 18.8 Å². The van der Waals surface area contributed by atoms with E-state index in [4.69, 9.17) is 39.3 Å². The third-order valence-corrected chi connectivity index (χ3v) is 6.49. The van der Waals surface area contributed by atoms with Crippen LogP contribution in [0.3, 0.4) is 0 Å². The van der Waals surface area contributed by atoms with Gasteiger partial charge in [0.1, 0.15) is 0 Å². The van der Waals surface area contributed by atoms with Crippen molar-refractivity contribution in [3.8, 4) is 11.4 Å². The van der Waals surface area contributed by atoms with Gasteiger partial charge in [0.05, 0.1) is 22.6 Å². The first-order valence-electron chi connectivity index (χ1n) is 8.12. The van der Waals surface area contributed by atoms with E-state index >= 15 is 0 Å². The van der Waals surface area contributed by atoms with Crippen molar-refractivity contribution in [2.45, 2.75) is 12.3 Å². The molecule has 1 aromatic heterocycles. The second-order valence-electron chi connectivity index (χ2n) is 5.67. The van der Waals surface area contributed by atoms with Crippen LogP contribution in [0.4, 0.5) is 14.5 Å². The van der Waals surface area contributed by atoms with Gasteiger partial charge in [0.25, 0.3) is 0 Å². The number of hydrogen-bond acceptors (Lipinski definition) is 5. The van der Waals surface area contributed by atoms with Gasteiger partial charge in [-0.05, 0) is 48.9 Å². The molecule has 1 heterocycles. The fraction of sp³-hybridized carbons (Fsp3) is 0.176. The van der Waals surface area contributed by atoms with Gasteiger partial charge in [0, 0.05) is 10.6 Å². The summed E-state index contributed by atoms with van der Waals surface area (Å²) in [5, 5.41) is 3.56. The molecule has 1 atom stereocenters. The Morgan fingerprint density at radius 3 is 2.45 bits per heavy atom. The molecule has 0 bridgehead atoms. The molecule has 0 aliphatic carbocycles. The molecule has 6 nitrogen and oxygen atoms in total. The second-order valence-corrected chi connectivity index (χ2v) is 9.09. The van der Waals surface area contributed by atoms with Crippen molar-refractivity contribution in [2.24, 2.45) is 0 Å². The van der Waals surface area contributed by atoms with E-state index in [1.807, 2.05) is 0 Å². The number of nitrogens with one attached hydrogen (secondary N) is 1. The molecular formula is C17H13Cl3F2N3O3P. The maximum Gasteiger partial charge on any atom is 0.400 e. The zero-order valence-electron chi connectivity index (χ0n) is 14.7. The molecule has 0 saturated carbocycles. The maximum atomic E-state index is 13.4. The molecule has 0 aliphatic rings. The number of benzene rings is 2. The van der Waals surface area contributed by atoms with Gasteiger partial charge >= 0.3 is 18.8 Å². The fourth-order valence-electron chi connectivity index (χ4n) is 2.35. The van der Waals surface area contributed by atoms with E-state index in [9.17, 15) is 13.3 Å². The van der Waals surface area contributed by atoms with Crippen molar-refractivity contribution in [3.63, 3.8) is 0 Å². The number of anilines is 1. The molecule has 1 unspecified atom stereocenters. The molecule has 0 radical (unpaired) electrons. The van der Waals surface area contributed by atoms with Crippen molar-refractivity contribution >= 4 is 53.3 Å². The first-order chi connectivity index (χ1) is 13.6. The standard InChI is InChI=1S/C17H13Cl3F2N3O3P/c1-2-27-29(26,25-14-8-5-11(18)9-13(14)19)12-6-3-10(4-7-12)15-23-16(28-24-15)17(20,21)22/h3-9H,2H2,1H3,(H,25,26). The van der Waals surface area contributed by atoms with Crippen LogP contribution in [0, 0.1) is 0 Å². The summed E-state index contributed by atoms with van der Waals surface area (Å²) in [5.74, 6) is -1.11.